The van der Waals surface area contributed by atoms with Crippen molar-refractivity contribution >= 4 is 6.41 Å². The molecule has 0 aliphatic heterocycles. The first-order valence-corrected chi connectivity index (χ1v) is 0.493. The summed E-state index contributed by atoms with van der Waals surface area (Å²) in [5, 5.41) is 0. The van der Waals surface area contributed by atoms with Crippen molar-refractivity contribution in [3.05, 3.63) is 0 Å². The van der Waals surface area contributed by atoms with E-state index >= 15 is 0 Å². The van der Waals surface area contributed by atoms with E-state index in [1.807, 2.05) is 0 Å². The van der Waals surface area contributed by atoms with E-state index in [-0.39, 0.29) is 17.1 Å². The zero-order chi connectivity index (χ0) is 2.71. The van der Waals surface area contributed by atoms with Crippen LogP contribution in [0.5, 0.6) is 0 Å². The number of amides is 1. The largest absolute Gasteiger partial charge is 0.543 e. The van der Waals surface area contributed by atoms with Gasteiger partial charge in [-0.1, -0.05) is 0 Å². The summed E-state index contributed by atoms with van der Waals surface area (Å²) in [6.07, 6.45) is 1.00. The van der Waals surface area contributed by atoms with Crippen molar-refractivity contribution in [1.29, 1.82) is 0 Å². The Labute approximate surface area is 34.8 Å². The summed E-state index contributed by atoms with van der Waals surface area (Å²) in [5.41, 5.74) is 4.04. The predicted molar refractivity (Wildman–Crippen MR) is 9.88 cm³/mol. The van der Waals surface area contributed by atoms with Crippen LogP contribution in [-0.4, -0.2) is 6.41 Å². The minimum absolute atomic E-state index is 0. The van der Waals surface area contributed by atoms with Gasteiger partial charge >= 0.3 is 0 Å². The molecule has 0 aromatic carbocycles. The molecule has 0 spiro atoms. The molecule has 0 rings (SSSR count). The maximum atomic E-state index is 8.46. The average molecular weight is 99.0 g/mol. The van der Waals surface area contributed by atoms with E-state index in [4.69, 9.17) is 4.79 Å². The molecule has 2 nitrogen and oxygen atoms in total. The third kappa shape index (κ3) is 17600. The average Bonchev–Trinajstić information content (AvgIpc) is 0.918. The van der Waals surface area contributed by atoms with Crippen molar-refractivity contribution in [2.75, 3.05) is 0 Å². The van der Waals surface area contributed by atoms with Crippen LogP contribution in [-0.2, 0) is 21.9 Å². The molecule has 0 aliphatic rings. The van der Waals surface area contributed by atoms with Crippen LogP contribution >= 0.6 is 0 Å². The van der Waals surface area contributed by atoms with Gasteiger partial charge in [-0.15, -0.1) is 0 Å². The minimum atomic E-state index is 0. The topological polar surface area (TPSA) is 43.1 Å². The molecule has 0 saturated heterocycles. The SMILES string of the molecule is N[C-]=O.[Mn]. The van der Waals surface area contributed by atoms with Gasteiger partial charge in [0.25, 0.3) is 0 Å². The number of nitrogens with two attached hydrogens (primary N) is 1. The molecule has 0 fully saturated rings. The molecule has 0 bridgehead atoms. The van der Waals surface area contributed by atoms with Gasteiger partial charge in [0.1, 0.15) is 0 Å². The Morgan fingerprint density at radius 3 is 1.75 bits per heavy atom. The number of primary amides is 1. The Balaban J connectivity index is 0. The summed E-state index contributed by atoms with van der Waals surface area (Å²) in [5.74, 6) is 0. The van der Waals surface area contributed by atoms with Gasteiger partial charge in [-0.25, -0.2) is 0 Å². The second-order valence-electron chi connectivity index (χ2n) is 0.118. The van der Waals surface area contributed by atoms with Crippen LogP contribution in [0, 0.1) is 0 Å². The van der Waals surface area contributed by atoms with E-state index in [1.54, 1.807) is 0 Å². The van der Waals surface area contributed by atoms with Crippen LogP contribution in [0.1, 0.15) is 0 Å². The molecule has 1 amide bonds. The zero-order valence-electron chi connectivity index (χ0n) is 1.86. The van der Waals surface area contributed by atoms with Gasteiger partial charge in [-0.3, -0.25) is 0 Å². The molecule has 3 heteroatoms. The van der Waals surface area contributed by atoms with Gasteiger partial charge in [-0.2, -0.15) is 6.41 Å². The maximum absolute atomic E-state index is 8.46. The van der Waals surface area contributed by atoms with Crippen LogP contribution < -0.4 is 5.73 Å². The van der Waals surface area contributed by atoms with Crippen molar-refractivity contribution in [2.45, 2.75) is 0 Å². The van der Waals surface area contributed by atoms with Crippen molar-refractivity contribution in [3.8, 4) is 0 Å². The fourth-order valence-electron chi connectivity index (χ4n) is 0. The summed E-state index contributed by atoms with van der Waals surface area (Å²) >= 11 is 0. The summed E-state index contributed by atoms with van der Waals surface area (Å²) in [7, 11) is 0. The first kappa shape index (κ1) is 9.01. The molecular weight excluding hydrogens is 97.0 g/mol. The number of hydrogen-bond acceptors (Lipinski definition) is 1. The van der Waals surface area contributed by atoms with Crippen LogP contribution in [0.25, 0.3) is 0 Å². The van der Waals surface area contributed by atoms with E-state index in [1.165, 1.54) is 0 Å². The minimum Gasteiger partial charge on any atom is -0.543 e. The number of hydrogen-bond donors (Lipinski definition) is 1. The van der Waals surface area contributed by atoms with E-state index < -0.39 is 0 Å². The van der Waals surface area contributed by atoms with Crippen LogP contribution in [0.3, 0.4) is 0 Å². The van der Waals surface area contributed by atoms with Crippen LogP contribution in [0.2, 0.25) is 0 Å². The molecule has 0 unspecified atom stereocenters. The summed E-state index contributed by atoms with van der Waals surface area (Å²) in [4.78, 5) is 8.46. The molecule has 0 aliphatic carbocycles. The third-order valence-corrected chi connectivity index (χ3v) is 0. The molecule has 0 aromatic heterocycles. The van der Waals surface area contributed by atoms with Gasteiger partial charge in [-0.05, 0) is 0 Å². The Kier molecular flexibility index (Phi) is 27.2. The van der Waals surface area contributed by atoms with Gasteiger partial charge in [0.15, 0.2) is 0 Å². The maximum Gasteiger partial charge on any atom is 0 e. The fourth-order valence-corrected chi connectivity index (χ4v) is 0. The molecule has 0 atom stereocenters. The van der Waals surface area contributed by atoms with Crippen LogP contribution in [0.4, 0.5) is 0 Å². The molecule has 1 radical (unpaired) electrons. The Morgan fingerprint density at radius 2 is 1.75 bits per heavy atom. The van der Waals surface area contributed by atoms with E-state index in [2.05, 4.69) is 5.73 Å². The van der Waals surface area contributed by atoms with Gasteiger partial charge < -0.3 is 10.5 Å². The third-order valence-electron chi connectivity index (χ3n) is 0. The Hall–Kier alpha value is -0.0105. The molecule has 2 N–H and O–H groups in total. The standard InChI is InChI=1S/CH2NO.Mn/c2-1-3;/h(H2,2,3);/q-1;. The smallest absolute Gasteiger partial charge is 0 e. The van der Waals surface area contributed by atoms with Gasteiger partial charge in [0.05, 0.1) is 0 Å². The molecular formula is CH2MnNO-. The Morgan fingerprint density at radius 1 is 1.75 bits per heavy atom. The van der Waals surface area contributed by atoms with Crippen molar-refractivity contribution in [3.63, 3.8) is 0 Å². The molecule has 4 heavy (non-hydrogen) atoms. The zero-order valence-corrected chi connectivity index (χ0v) is 3.04. The van der Waals surface area contributed by atoms with Crippen molar-refractivity contribution < 1.29 is 21.9 Å². The summed E-state index contributed by atoms with van der Waals surface area (Å²) < 4.78 is 0. The van der Waals surface area contributed by atoms with Gasteiger partial charge in [0.2, 0.25) is 0 Å². The van der Waals surface area contributed by atoms with E-state index in [0.29, 0.717) is 0 Å². The second-order valence-corrected chi connectivity index (χ2v) is 0.118. The summed E-state index contributed by atoms with van der Waals surface area (Å²) in [6, 6.07) is 0. The quantitative estimate of drug-likeness (QED) is 0.236. The molecule has 0 aromatic rings. The first-order valence-electron chi connectivity index (χ1n) is 0.493. The predicted octanol–water partition coefficient (Wildman–Crippen LogP) is -0.990. The molecule has 25 valence electrons. The normalized spacial score (nSPS) is 3.00. The Bertz CT molecular complexity index is 15.5. The molecule has 0 saturated carbocycles. The van der Waals surface area contributed by atoms with Crippen molar-refractivity contribution in [1.82, 2.24) is 0 Å². The van der Waals surface area contributed by atoms with Crippen LogP contribution in [0.15, 0.2) is 0 Å². The number of carbonyl (C=O) groups excluding carboxylic acids is 1. The summed E-state index contributed by atoms with van der Waals surface area (Å²) in [6.45, 7) is 0. The molecule has 0 heterocycles. The second kappa shape index (κ2) is 12.1. The van der Waals surface area contributed by atoms with E-state index in [0.717, 1.165) is 6.41 Å². The van der Waals surface area contributed by atoms with Crippen molar-refractivity contribution in [2.24, 2.45) is 5.73 Å². The monoisotopic (exact) mass is 99.0 g/mol. The number of rotatable bonds is 0. The fraction of sp³-hybridized carbons (Fsp3) is 0. The first-order chi connectivity index (χ1) is 1.41. The van der Waals surface area contributed by atoms with Gasteiger partial charge in [0, 0.05) is 17.1 Å². The van der Waals surface area contributed by atoms with E-state index in [9.17, 15) is 0 Å².